The molecule has 1 aliphatic heterocycles. The number of aryl methyl sites for hydroxylation is 1. The Bertz CT molecular complexity index is 265. The third-order valence-electron chi connectivity index (χ3n) is 2.10. The second-order valence-electron chi connectivity index (χ2n) is 3.37. The summed E-state index contributed by atoms with van der Waals surface area (Å²) in [5.74, 6) is 0. The van der Waals surface area contributed by atoms with Gasteiger partial charge in [0.1, 0.15) is 0 Å². The molecule has 0 spiro atoms. The zero-order valence-corrected chi connectivity index (χ0v) is 7.14. The van der Waals surface area contributed by atoms with Crippen LogP contribution in [0.2, 0.25) is 0 Å². The van der Waals surface area contributed by atoms with Crippen LogP contribution in [0, 0.1) is 0 Å². The van der Waals surface area contributed by atoms with Crippen LogP contribution in [0.3, 0.4) is 0 Å². The first-order valence-electron chi connectivity index (χ1n) is 4.12. The van der Waals surface area contributed by atoms with Gasteiger partial charge < -0.3 is 5.11 Å². The van der Waals surface area contributed by atoms with Crippen molar-refractivity contribution < 1.29 is 5.11 Å². The Labute approximate surface area is 71.4 Å². The van der Waals surface area contributed by atoms with E-state index in [0.717, 1.165) is 19.6 Å². The number of rotatable bonds is 2. The van der Waals surface area contributed by atoms with Crippen molar-refractivity contribution in [2.75, 3.05) is 13.1 Å². The average molecular weight is 167 g/mol. The van der Waals surface area contributed by atoms with Gasteiger partial charge in [-0.25, -0.2) is 0 Å². The largest absolute Gasteiger partial charge is 0.390 e. The molecule has 1 N–H and O–H groups in total. The van der Waals surface area contributed by atoms with Gasteiger partial charge in [-0.05, 0) is 0 Å². The summed E-state index contributed by atoms with van der Waals surface area (Å²) < 4.78 is 1.80. The lowest BCUT2D eigenvalue weighted by Crippen LogP contribution is -2.49. The molecule has 1 fully saturated rings. The number of nitrogens with zero attached hydrogens (tertiary/aromatic N) is 3. The van der Waals surface area contributed by atoms with Crippen LogP contribution in [-0.2, 0) is 13.6 Å². The molecule has 0 aliphatic carbocycles. The minimum atomic E-state index is -0.110. The Morgan fingerprint density at radius 3 is 2.92 bits per heavy atom. The third kappa shape index (κ3) is 1.49. The zero-order valence-electron chi connectivity index (χ0n) is 7.14. The predicted octanol–water partition coefficient (Wildman–Crippen LogP) is -0.403. The molecule has 4 nitrogen and oxygen atoms in total. The van der Waals surface area contributed by atoms with E-state index >= 15 is 0 Å². The smallest absolute Gasteiger partial charge is 0.0794 e. The summed E-state index contributed by atoms with van der Waals surface area (Å²) >= 11 is 0. The van der Waals surface area contributed by atoms with Gasteiger partial charge in [0.2, 0.25) is 0 Å². The van der Waals surface area contributed by atoms with Crippen molar-refractivity contribution in [3.8, 4) is 0 Å². The summed E-state index contributed by atoms with van der Waals surface area (Å²) in [4.78, 5) is 2.20. The van der Waals surface area contributed by atoms with Crippen LogP contribution in [0.25, 0.3) is 0 Å². The van der Waals surface area contributed by atoms with Crippen molar-refractivity contribution in [3.63, 3.8) is 0 Å². The normalized spacial score (nSPS) is 19.5. The maximum Gasteiger partial charge on any atom is 0.0794 e. The van der Waals surface area contributed by atoms with Crippen LogP contribution in [-0.4, -0.2) is 39.0 Å². The molecule has 1 aromatic rings. The van der Waals surface area contributed by atoms with Gasteiger partial charge in [-0.15, -0.1) is 0 Å². The number of aliphatic hydroxyl groups is 1. The van der Waals surface area contributed by atoms with E-state index in [4.69, 9.17) is 5.11 Å². The first kappa shape index (κ1) is 7.76. The zero-order chi connectivity index (χ0) is 8.55. The van der Waals surface area contributed by atoms with Crippen LogP contribution in [0.1, 0.15) is 5.56 Å². The van der Waals surface area contributed by atoms with Crippen molar-refractivity contribution in [2.24, 2.45) is 7.05 Å². The van der Waals surface area contributed by atoms with Crippen molar-refractivity contribution >= 4 is 0 Å². The Morgan fingerprint density at radius 1 is 1.67 bits per heavy atom. The lowest BCUT2D eigenvalue weighted by atomic mass is 10.1. The Morgan fingerprint density at radius 2 is 2.42 bits per heavy atom. The summed E-state index contributed by atoms with van der Waals surface area (Å²) in [6, 6.07) is 0. The molecule has 4 heteroatoms. The monoisotopic (exact) mass is 167 g/mol. The van der Waals surface area contributed by atoms with Crippen molar-refractivity contribution in [1.82, 2.24) is 14.7 Å². The molecule has 0 unspecified atom stereocenters. The summed E-state index contributed by atoms with van der Waals surface area (Å²) in [5.41, 5.74) is 1.21. The lowest BCUT2D eigenvalue weighted by molar-refractivity contribution is -0.00287. The SMILES string of the molecule is Cn1cc(CN2CC(O)C2)cn1. The van der Waals surface area contributed by atoms with Crippen LogP contribution in [0.4, 0.5) is 0 Å². The molecule has 0 aromatic carbocycles. The van der Waals surface area contributed by atoms with Gasteiger partial charge in [-0.3, -0.25) is 9.58 Å². The minimum absolute atomic E-state index is 0.110. The van der Waals surface area contributed by atoms with E-state index in [9.17, 15) is 0 Å². The van der Waals surface area contributed by atoms with Gasteiger partial charge >= 0.3 is 0 Å². The van der Waals surface area contributed by atoms with Crippen LogP contribution in [0.5, 0.6) is 0 Å². The topological polar surface area (TPSA) is 41.3 Å². The highest BCUT2D eigenvalue weighted by Crippen LogP contribution is 2.11. The van der Waals surface area contributed by atoms with Gasteiger partial charge in [0.25, 0.3) is 0 Å². The van der Waals surface area contributed by atoms with Crippen molar-refractivity contribution in [3.05, 3.63) is 18.0 Å². The van der Waals surface area contributed by atoms with Crippen LogP contribution in [0.15, 0.2) is 12.4 Å². The summed E-state index contributed by atoms with van der Waals surface area (Å²) in [5, 5.41) is 13.1. The standard InChI is InChI=1S/C8H13N3O/c1-10-3-7(2-9-10)4-11-5-8(12)6-11/h2-3,8,12H,4-6H2,1H3. The lowest BCUT2D eigenvalue weighted by Gasteiger charge is -2.35. The second kappa shape index (κ2) is 2.88. The number of hydrogen-bond donors (Lipinski definition) is 1. The molecule has 12 heavy (non-hydrogen) atoms. The highest BCUT2D eigenvalue weighted by Gasteiger charge is 2.23. The van der Waals surface area contributed by atoms with Gasteiger partial charge in [0, 0.05) is 38.4 Å². The van der Waals surface area contributed by atoms with Crippen LogP contribution >= 0.6 is 0 Å². The fourth-order valence-corrected chi connectivity index (χ4v) is 1.48. The molecule has 0 amide bonds. The number of β-amino-alcohol motifs (C(OH)–C–C–N with tert-alkyl or cyclic N) is 1. The first-order valence-corrected chi connectivity index (χ1v) is 4.12. The summed E-state index contributed by atoms with van der Waals surface area (Å²) in [6.45, 7) is 2.51. The Kier molecular flexibility index (Phi) is 1.86. The number of aliphatic hydroxyl groups excluding tert-OH is 1. The second-order valence-corrected chi connectivity index (χ2v) is 3.37. The molecule has 2 heterocycles. The maximum atomic E-state index is 9.04. The molecule has 1 aliphatic rings. The maximum absolute atomic E-state index is 9.04. The number of likely N-dealkylation sites (tertiary alicyclic amines) is 1. The highest BCUT2D eigenvalue weighted by atomic mass is 16.3. The van der Waals surface area contributed by atoms with E-state index in [-0.39, 0.29) is 6.10 Å². The van der Waals surface area contributed by atoms with E-state index in [0.29, 0.717) is 0 Å². The molecule has 66 valence electrons. The van der Waals surface area contributed by atoms with E-state index in [1.165, 1.54) is 5.56 Å². The van der Waals surface area contributed by atoms with E-state index in [1.54, 1.807) is 4.68 Å². The predicted molar refractivity (Wildman–Crippen MR) is 44.5 cm³/mol. The molecule has 1 saturated heterocycles. The molecule has 0 bridgehead atoms. The van der Waals surface area contributed by atoms with Gasteiger partial charge in [-0.1, -0.05) is 0 Å². The Hall–Kier alpha value is -0.870. The molecule has 0 radical (unpaired) electrons. The van der Waals surface area contributed by atoms with Crippen molar-refractivity contribution in [2.45, 2.75) is 12.6 Å². The first-order chi connectivity index (χ1) is 5.74. The molecule has 2 rings (SSSR count). The number of hydrogen-bond acceptors (Lipinski definition) is 3. The van der Waals surface area contributed by atoms with Gasteiger partial charge in [0.15, 0.2) is 0 Å². The summed E-state index contributed by atoms with van der Waals surface area (Å²) in [6.07, 6.45) is 3.76. The van der Waals surface area contributed by atoms with Crippen LogP contribution < -0.4 is 0 Å². The summed E-state index contributed by atoms with van der Waals surface area (Å²) in [7, 11) is 1.91. The fraction of sp³-hybridized carbons (Fsp3) is 0.625. The molecular formula is C8H13N3O. The minimum Gasteiger partial charge on any atom is -0.390 e. The molecular weight excluding hydrogens is 154 g/mol. The van der Waals surface area contributed by atoms with Gasteiger partial charge in [0.05, 0.1) is 12.3 Å². The number of aromatic nitrogens is 2. The molecule has 0 saturated carbocycles. The van der Waals surface area contributed by atoms with E-state index in [2.05, 4.69) is 10.00 Å². The quantitative estimate of drug-likeness (QED) is 0.651. The van der Waals surface area contributed by atoms with Gasteiger partial charge in [-0.2, -0.15) is 5.10 Å². The Balaban J connectivity index is 1.88. The van der Waals surface area contributed by atoms with E-state index < -0.39 is 0 Å². The fourth-order valence-electron chi connectivity index (χ4n) is 1.48. The third-order valence-corrected chi connectivity index (χ3v) is 2.10. The van der Waals surface area contributed by atoms with Crippen molar-refractivity contribution in [1.29, 1.82) is 0 Å². The molecule has 0 atom stereocenters. The average Bonchev–Trinajstić information content (AvgIpc) is 2.33. The highest BCUT2D eigenvalue weighted by molar-refractivity contribution is 5.04. The molecule has 1 aromatic heterocycles. The van der Waals surface area contributed by atoms with E-state index in [1.807, 2.05) is 19.4 Å².